The summed E-state index contributed by atoms with van der Waals surface area (Å²) in [5, 5.41) is 9.31. The largest absolute Gasteiger partial charge is 0.390 e. The summed E-state index contributed by atoms with van der Waals surface area (Å²) in [7, 11) is 0. The first-order chi connectivity index (χ1) is 5.09. The lowest BCUT2D eigenvalue weighted by molar-refractivity contribution is 0.166. The molecule has 2 unspecified atom stereocenters. The molecule has 1 fully saturated rings. The second-order valence-electron chi connectivity index (χ2n) is 3.63. The highest BCUT2D eigenvalue weighted by Crippen LogP contribution is 2.10. The standard InChI is InChI=1S/C8H17N2O/c1-6(2)3-10-4-7(9)8(11)5-10/h7-8,11H,3-5,9H2,1-2H3. The van der Waals surface area contributed by atoms with Crippen LogP contribution in [0.25, 0.3) is 0 Å². The van der Waals surface area contributed by atoms with Crippen LogP contribution in [0.5, 0.6) is 0 Å². The van der Waals surface area contributed by atoms with Crippen molar-refractivity contribution < 1.29 is 5.11 Å². The zero-order valence-electron chi connectivity index (χ0n) is 7.25. The number of rotatable bonds is 2. The lowest BCUT2D eigenvalue weighted by Gasteiger charge is -2.16. The molecule has 1 rings (SSSR count). The summed E-state index contributed by atoms with van der Waals surface area (Å²) in [5.74, 6) is 1.37. The molecule has 0 spiro atoms. The second-order valence-corrected chi connectivity index (χ2v) is 3.63. The van der Waals surface area contributed by atoms with Crippen LogP contribution in [0, 0.1) is 5.92 Å². The number of nitrogens with zero attached hydrogens (tertiary/aromatic N) is 1. The minimum atomic E-state index is -0.325. The van der Waals surface area contributed by atoms with Crippen molar-refractivity contribution >= 4 is 0 Å². The van der Waals surface area contributed by atoms with E-state index in [1.807, 2.05) is 0 Å². The van der Waals surface area contributed by atoms with E-state index < -0.39 is 0 Å². The van der Waals surface area contributed by atoms with Crippen LogP contribution < -0.4 is 5.73 Å². The fraction of sp³-hybridized carbons (Fsp3) is 0.875. The molecule has 2 atom stereocenters. The number of nitrogens with two attached hydrogens (primary N) is 1. The Bertz CT molecular complexity index is 115. The zero-order valence-corrected chi connectivity index (χ0v) is 7.25. The van der Waals surface area contributed by atoms with Gasteiger partial charge in [-0.1, -0.05) is 13.8 Å². The van der Waals surface area contributed by atoms with Gasteiger partial charge in [-0.3, -0.25) is 4.90 Å². The second kappa shape index (κ2) is 3.52. The van der Waals surface area contributed by atoms with E-state index in [-0.39, 0.29) is 12.1 Å². The smallest absolute Gasteiger partial charge is 0.0830 e. The molecule has 3 nitrogen and oxygen atoms in total. The molecule has 3 N–H and O–H groups in total. The molecule has 1 heterocycles. The van der Waals surface area contributed by atoms with Gasteiger partial charge in [-0.25, -0.2) is 0 Å². The van der Waals surface area contributed by atoms with Crippen LogP contribution in [0.3, 0.4) is 0 Å². The maximum Gasteiger partial charge on any atom is 0.0830 e. The minimum Gasteiger partial charge on any atom is -0.390 e. The highest BCUT2D eigenvalue weighted by Gasteiger charge is 2.28. The molecule has 0 saturated carbocycles. The molecule has 0 amide bonds. The summed E-state index contributed by atoms with van der Waals surface area (Å²) in [4.78, 5) is 2.19. The summed E-state index contributed by atoms with van der Waals surface area (Å²) in [5.41, 5.74) is 5.64. The summed E-state index contributed by atoms with van der Waals surface area (Å²) in [6.45, 7) is 6.70. The maximum atomic E-state index is 9.31. The Labute approximate surface area is 68.2 Å². The molecular weight excluding hydrogens is 140 g/mol. The number of hydrogen-bond donors (Lipinski definition) is 2. The molecule has 0 aromatic rings. The van der Waals surface area contributed by atoms with Crippen LogP contribution in [-0.4, -0.2) is 41.8 Å². The molecule has 0 aromatic carbocycles. The van der Waals surface area contributed by atoms with Crippen molar-refractivity contribution in [2.75, 3.05) is 19.6 Å². The van der Waals surface area contributed by atoms with Gasteiger partial charge in [0.05, 0.1) is 6.10 Å². The van der Waals surface area contributed by atoms with Gasteiger partial charge in [0, 0.05) is 25.7 Å². The number of aliphatic hydroxyl groups excluding tert-OH is 1. The van der Waals surface area contributed by atoms with Gasteiger partial charge in [-0.15, -0.1) is 0 Å². The molecule has 0 aromatic heterocycles. The van der Waals surface area contributed by atoms with E-state index in [4.69, 9.17) is 5.73 Å². The van der Waals surface area contributed by atoms with Crippen LogP contribution in [0.4, 0.5) is 0 Å². The molecule has 11 heavy (non-hydrogen) atoms. The van der Waals surface area contributed by atoms with E-state index in [1.54, 1.807) is 0 Å². The third kappa shape index (κ3) is 2.43. The molecule has 3 heteroatoms. The summed E-state index contributed by atoms with van der Waals surface area (Å²) in [6, 6.07) is -0.0469. The van der Waals surface area contributed by atoms with Crippen molar-refractivity contribution in [3.63, 3.8) is 0 Å². The fourth-order valence-electron chi connectivity index (χ4n) is 1.47. The number of β-amino-alcohol motifs (C(OH)–C–C–N with tert-alkyl or cyclic N) is 1. The SMILES string of the molecule is C[C](C)CN1CC(N)C(O)C1. The van der Waals surface area contributed by atoms with Crippen LogP contribution in [0.15, 0.2) is 0 Å². The van der Waals surface area contributed by atoms with Crippen molar-refractivity contribution in [1.29, 1.82) is 0 Å². The van der Waals surface area contributed by atoms with Crippen molar-refractivity contribution in [2.45, 2.75) is 26.0 Å². The third-order valence-electron chi connectivity index (χ3n) is 1.95. The van der Waals surface area contributed by atoms with Gasteiger partial charge >= 0.3 is 0 Å². The van der Waals surface area contributed by atoms with Crippen molar-refractivity contribution in [3.05, 3.63) is 5.92 Å². The van der Waals surface area contributed by atoms with Gasteiger partial charge in [0.1, 0.15) is 0 Å². The van der Waals surface area contributed by atoms with Crippen LogP contribution >= 0.6 is 0 Å². The Morgan fingerprint density at radius 2 is 2.18 bits per heavy atom. The van der Waals surface area contributed by atoms with E-state index in [1.165, 1.54) is 5.92 Å². The van der Waals surface area contributed by atoms with Gasteiger partial charge in [0.15, 0.2) is 0 Å². The molecular formula is C8H17N2O. The average molecular weight is 157 g/mol. The first kappa shape index (κ1) is 8.97. The van der Waals surface area contributed by atoms with Gasteiger partial charge < -0.3 is 10.8 Å². The summed E-state index contributed by atoms with van der Waals surface area (Å²) >= 11 is 0. The lowest BCUT2D eigenvalue weighted by atomic mass is 10.2. The first-order valence-corrected chi connectivity index (χ1v) is 4.04. The van der Waals surface area contributed by atoms with Gasteiger partial charge in [0.2, 0.25) is 0 Å². The van der Waals surface area contributed by atoms with E-state index in [2.05, 4.69) is 18.7 Å². The van der Waals surface area contributed by atoms with Crippen LogP contribution in [0.1, 0.15) is 13.8 Å². The van der Waals surface area contributed by atoms with Crippen molar-refractivity contribution in [1.82, 2.24) is 4.90 Å². The maximum absolute atomic E-state index is 9.31. The van der Waals surface area contributed by atoms with E-state index in [0.717, 1.165) is 19.6 Å². The number of hydrogen-bond acceptors (Lipinski definition) is 3. The predicted octanol–water partition coefficient (Wildman–Crippen LogP) is -0.396. The Kier molecular flexibility index (Phi) is 2.87. The van der Waals surface area contributed by atoms with Crippen LogP contribution in [-0.2, 0) is 0 Å². The zero-order chi connectivity index (χ0) is 8.43. The highest BCUT2D eigenvalue weighted by molar-refractivity contribution is 4.91. The molecule has 0 bridgehead atoms. The van der Waals surface area contributed by atoms with E-state index in [0.29, 0.717) is 0 Å². The van der Waals surface area contributed by atoms with E-state index >= 15 is 0 Å². The Morgan fingerprint density at radius 3 is 2.55 bits per heavy atom. The predicted molar refractivity (Wildman–Crippen MR) is 45.0 cm³/mol. The quantitative estimate of drug-likeness (QED) is 0.573. The molecule has 0 aliphatic carbocycles. The van der Waals surface area contributed by atoms with Crippen molar-refractivity contribution in [2.24, 2.45) is 5.73 Å². The van der Waals surface area contributed by atoms with Gasteiger partial charge in [0.25, 0.3) is 0 Å². The minimum absolute atomic E-state index is 0.0469. The van der Waals surface area contributed by atoms with Gasteiger partial charge in [-0.05, 0) is 5.92 Å². The third-order valence-corrected chi connectivity index (χ3v) is 1.95. The number of likely N-dealkylation sites (tertiary alicyclic amines) is 1. The Balaban J connectivity index is 2.29. The van der Waals surface area contributed by atoms with Gasteiger partial charge in [-0.2, -0.15) is 0 Å². The van der Waals surface area contributed by atoms with E-state index in [9.17, 15) is 5.11 Å². The Morgan fingerprint density at radius 1 is 1.55 bits per heavy atom. The summed E-state index contributed by atoms with van der Waals surface area (Å²) in [6.07, 6.45) is -0.325. The normalized spacial score (nSPS) is 33.5. The van der Waals surface area contributed by atoms with Crippen molar-refractivity contribution in [3.8, 4) is 0 Å². The number of aliphatic hydroxyl groups is 1. The molecule has 1 saturated heterocycles. The Hall–Kier alpha value is -0.120. The van der Waals surface area contributed by atoms with Crippen LogP contribution in [0.2, 0.25) is 0 Å². The molecule has 1 aliphatic rings. The molecule has 1 aliphatic heterocycles. The average Bonchev–Trinajstić information content (AvgIpc) is 2.10. The topological polar surface area (TPSA) is 49.5 Å². The summed E-state index contributed by atoms with van der Waals surface area (Å²) < 4.78 is 0. The lowest BCUT2D eigenvalue weighted by Crippen LogP contribution is -2.32. The molecule has 1 radical (unpaired) electrons. The monoisotopic (exact) mass is 157 g/mol. The highest BCUT2D eigenvalue weighted by atomic mass is 16.3. The molecule has 65 valence electrons. The first-order valence-electron chi connectivity index (χ1n) is 4.04. The fourth-order valence-corrected chi connectivity index (χ4v) is 1.47.